The Hall–Kier alpha value is -4.07. The smallest absolute Gasteiger partial charge is 0.434 e. The number of anilines is 1. The first-order valence-corrected chi connectivity index (χ1v) is 8.95. The largest absolute Gasteiger partial charge is 0.513 e. The minimum atomic E-state index is -0.865. The molecule has 0 aliphatic heterocycles. The highest BCUT2D eigenvalue weighted by atomic mass is 16.7. The van der Waals surface area contributed by atoms with Gasteiger partial charge in [-0.2, -0.15) is 0 Å². The van der Waals surface area contributed by atoms with Crippen LogP contribution in [0.25, 0.3) is 21.8 Å². The van der Waals surface area contributed by atoms with Crippen molar-refractivity contribution in [1.29, 1.82) is 0 Å². The highest BCUT2D eigenvalue weighted by molar-refractivity contribution is 6.11. The molecule has 2 heterocycles. The minimum Gasteiger partial charge on any atom is -0.434 e. The van der Waals surface area contributed by atoms with Crippen LogP contribution >= 0.6 is 0 Å². The molecule has 3 N–H and O–H groups in total. The van der Waals surface area contributed by atoms with Gasteiger partial charge in [0.05, 0.1) is 12.0 Å². The lowest BCUT2D eigenvalue weighted by Gasteiger charge is -2.08. The molecule has 2 aromatic heterocycles. The van der Waals surface area contributed by atoms with Crippen LogP contribution < -0.4 is 15.6 Å². The van der Waals surface area contributed by atoms with E-state index in [-0.39, 0.29) is 29.3 Å². The van der Waals surface area contributed by atoms with Crippen LogP contribution in [0.3, 0.4) is 0 Å². The lowest BCUT2D eigenvalue weighted by Crippen LogP contribution is -2.12. The van der Waals surface area contributed by atoms with E-state index in [0.717, 1.165) is 0 Å². The van der Waals surface area contributed by atoms with Crippen molar-refractivity contribution >= 4 is 39.6 Å². The van der Waals surface area contributed by atoms with Gasteiger partial charge in [-0.1, -0.05) is 18.2 Å². The van der Waals surface area contributed by atoms with Crippen LogP contribution in [0.5, 0.6) is 5.75 Å². The lowest BCUT2D eigenvalue weighted by molar-refractivity contribution is 0.102. The summed E-state index contributed by atoms with van der Waals surface area (Å²) < 4.78 is 10.0. The molecule has 8 heteroatoms. The summed E-state index contributed by atoms with van der Waals surface area (Å²) in [5, 5.41) is 3.86. The highest BCUT2D eigenvalue weighted by Gasteiger charge is 2.17. The van der Waals surface area contributed by atoms with Crippen molar-refractivity contribution in [3.63, 3.8) is 0 Å². The number of nitrogens with one attached hydrogen (secondary N) is 3. The van der Waals surface area contributed by atoms with E-state index in [1.165, 1.54) is 6.20 Å². The van der Waals surface area contributed by atoms with Crippen molar-refractivity contribution in [3.8, 4) is 5.75 Å². The van der Waals surface area contributed by atoms with Crippen molar-refractivity contribution < 1.29 is 19.1 Å². The third kappa shape index (κ3) is 3.55. The van der Waals surface area contributed by atoms with Gasteiger partial charge in [0, 0.05) is 28.4 Å². The number of ether oxygens (including phenoxy) is 2. The van der Waals surface area contributed by atoms with Crippen LogP contribution in [0.15, 0.2) is 59.5 Å². The van der Waals surface area contributed by atoms with Crippen molar-refractivity contribution in [2.45, 2.75) is 6.92 Å². The van der Waals surface area contributed by atoms with Gasteiger partial charge in [-0.15, -0.1) is 0 Å². The van der Waals surface area contributed by atoms with Crippen LogP contribution in [0.1, 0.15) is 17.3 Å². The third-order valence-electron chi connectivity index (χ3n) is 4.36. The van der Waals surface area contributed by atoms with E-state index in [1.807, 2.05) is 6.07 Å². The second-order valence-electron chi connectivity index (χ2n) is 6.22. The van der Waals surface area contributed by atoms with Gasteiger partial charge in [0.15, 0.2) is 5.75 Å². The van der Waals surface area contributed by atoms with Crippen LogP contribution in [0, 0.1) is 0 Å². The van der Waals surface area contributed by atoms with E-state index in [9.17, 15) is 14.4 Å². The molecule has 0 aliphatic carbocycles. The molecule has 1 amide bonds. The average molecular weight is 391 g/mol. The van der Waals surface area contributed by atoms with E-state index in [1.54, 1.807) is 49.4 Å². The van der Waals surface area contributed by atoms with Gasteiger partial charge in [-0.05, 0) is 37.3 Å². The molecule has 0 radical (unpaired) electrons. The number of fused-ring (bicyclic) bond motifs is 3. The van der Waals surface area contributed by atoms with Gasteiger partial charge in [0.25, 0.3) is 11.5 Å². The fourth-order valence-corrected chi connectivity index (χ4v) is 3.08. The van der Waals surface area contributed by atoms with Crippen LogP contribution in [0.4, 0.5) is 10.5 Å². The summed E-state index contributed by atoms with van der Waals surface area (Å²) in [6.07, 6.45) is 0.557. The van der Waals surface area contributed by atoms with Crippen molar-refractivity contribution in [1.82, 2.24) is 9.97 Å². The number of hydrogen-bond donors (Lipinski definition) is 3. The Morgan fingerprint density at radius 3 is 2.66 bits per heavy atom. The summed E-state index contributed by atoms with van der Waals surface area (Å²) >= 11 is 0. The Balaban J connectivity index is 1.78. The molecule has 0 atom stereocenters. The molecule has 0 aliphatic rings. The van der Waals surface area contributed by atoms with E-state index in [2.05, 4.69) is 15.3 Å². The van der Waals surface area contributed by atoms with Crippen molar-refractivity contribution in [2.24, 2.45) is 0 Å². The predicted octanol–water partition coefficient (Wildman–Crippen LogP) is 3.80. The van der Waals surface area contributed by atoms with E-state index in [4.69, 9.17) is 9.47 Å². The molecule has 8 nitrogen and oxygen atoms in total. The molecule has 29 heavy (non-hydrogen) atoms. The van der Waals surface area contributed by atoms with Crippen LogP contribution in [-0.4, -0.2) is 28.6 Å². The van der Waals surface area contributed by atoms with Gasteiger partial charge in [-0.25, -0.2) is 4.79 Å². The molecular weight excluding hydrogens is 374 g/mol. The fraction of sp³-hybridized carbons (Fsp3) is 0.0952. The van der Waals surface area contributed by atoms with E-state index >= 15 is 0 Å². The van der Waals surface area contributed by atoms with Gasteiger partial charge >= 0.3 is 6.16 Å². The Kier molecular flexibility index (Phi) is 4.74. The Bertz CT molecular complexity index is 1270. The molecule has 0 bridgehead atoms. The van der Waals surface area contributed by atoms with Crippen molar-refractivity contribution in [2.75, 3.05) is 11.9 Å². The molecule has 4 rings (SSSR count). The minimum absolute atomic E-state index is 0.165. The van der Waals surface area contributed by atoms with Crippen LogP contribution in [0.2, 0.25) is 0 Å². The Labute approximate surface area is 164 Å². The third-order valence-corrected chi connectivity index (χ3v) is 4.36. The first kappa shape index (κ1) is 18.3. The SMILES string of the molecule is CCOC(=O)Oc1c[nH]c2c(=O)[nH]c3ccc(NC(=O)c4ccccc4)cc3c12. The molecule has 4 aromatic rings. The maximum Gasteiger partial charge on any atom is 0.513 e. The maximum atomic E-state index is 12.4. The average Bonchev–Trinajstić information content (AvgIpc) is 3.14. The van der Waals surface area contributed by atoms with Crippen molar-refractivity contribution in [3.05, 3.63) is 70.6 Å². The van der Waals surface area contributed by atoms with Gasteiger partial charge < -0.3 is 24.8 Å². The number of carbonyl (C=O) groups is 2. The van der Waals surface area contributed by atoms with Gasteiger partial charge in [0.2, 0.25) is 0 Å². The quantitative estimate of drug-likeness (QED) is 0.458. The number of benzene rings is 2. The molecule has 0 fully saturated rings. The number of aromatic amines is 2. The monoisotopic (exact) mass is 391 g/mol. The zero-order chi connectivity index (χ0) is 20.4. The fourth-order valence-electron chi connectivity index (χ4n) is 3.08. The van der Waals surface area contributed by atoms with Gasteiger partial charge in [-0.3, -0.25) is 9.59 Å². The second-order valence-corrected chi connectivity index (χ2v) is 6.22. The number of H-pyrrole nitrogens is 2. The number of rotatable bonds is 4. The summed E-state index contributed by atoms with van der Waals surface area (Å²) in [5.74, 6) is -0.0937. The summed E-state index contributed by atoms with van der Waals surface area (Å²) in [6, 6.07) is 13.9. The highest BCUT2D eigenvalue weighted by Crippen LogP contribution is 2.32. The first-order valence-electron chi connectivity index (χ1n) is 8.95. The first-order chi connectivity index (χ1) is 14.1. The standard InChI is InChI=1S/C21H17N3O5/c1-2-28-21(27)29-16-11-22-18-17(16)14-10-13(8-9-15(14)24-20(18)26)23-19(25)12-6-4-3-5-7-12/h3-11,22H,2H2,1H3,(H,23,25)(H,24,26). The molecule has 0 saturated heterocycles. The zero-order valence-corrected chi connectivity index (χ0v) is 15.4. The zero-order valence-electron chi connectivity index (χ0n) is 15.4. The lowest BCUT2D eigenvalue weighted by atomic mass is 10.1. The molecule has 2 aromatic carbocycles. The number of amides is 1. The molecule has 0 spiro atoms. The second kappa shape index (κ2) is 7.51. The number of pyridine rings is 1. The molecule has 146 valence electrons. The van der Waals surface area contributed by atoms with Gasteiger partial charge in [0.1, 0.15) is 5.52 Å². The molecule has 0 saturated carbocycles. The summed E-state index contributed by atoms with van der Waals surface area (Å²) in [4.78, 5) is 42.1. The Morgan fingerprint density at radius 2 is 1.90 bits per heavy atom. The molecule has 0 unspecified atom stereocenters. The van der Waals surface area contributed by atoms with E-state index in [0.29, 0.717) is 27.5 Å². The normalized spacial score (nSPS) is 10.8. The summed E-state index contributed by atoms with van der Waals surface area (Å²) in [6.45, 7) is 1.83. The topological polar surface area (TPSA) is 113 Å². The van der Waals surface area contributed by atoms with Crippen LogP contribution in [-0.2, 0) is 4.74 Å². The number of hydrogen-bond acceptors (Lipinski definition) is 5. The number of aromatic nitrogens is 2. The maximum absolute atomic E-state index is 12.4. The Morgan fingerprint density at radius 1 is 1.10 bits per heavy atom. The summed E-state index contributed by atoms with van der Waals surface area (Å²) in [5.41, 5.74) is 1.49. The predicted molar refractivity (Wildman–Crippen MR) is 108 cm³/mol. The van der Waals surface area contributed by atoms with E-state index < -0.39 is 6.16 Å². The number of carbonyl (C=O) groups excluding carboxylic acids is 2. The summed E-state index contributed by atoms with van der Waals surface area (Å²) in [7, 11) is 0. The molecular formula is C21H17N3O5.